The van der Waals surface area contributed by atoms with Crippen molar-refractivity contribution in [3.8, 4) is 0 Å². The number of carbonyl (C=O) groups excluding carboxylic acids is 2. The lowest BCUT2D eigenvalue weighted by atomic mass is 9.46. The van der Waals surface area contributed by atoms with Crippen LogP contribution in [0.4, 0.5) is 0 Å². The third kappa shape index (κ3) is 1.40. The molecule has 2 saturated carbocycles. The van der Waals surface area contributed by atoms with E-state index in [2.05, 4.69) is 25.9 Å². The molecule has 0 aromatic heterocycles. The van der Waals surface area contributed by atoms with Gasteiger partial charge in [-0.2, -0.15) is 5.10 Å². The van der Waals surface area contributed by atoms with Crippen LogP contribution in [0.25, 0.3) is 0 Å². The fourth-order valence-electron chi connectivity index (χ4n) is 4.99. The minimum atomic E-state index is -0.448. The maximum absolute atomic E-state index is 12.4. The number of nitrogens with zero attached hydrogens (tertiary/aromatic N) is 2. The molecule has 3 aliphatic rings. The smallest absolute Gasteiger partial charge is 0.254 e. The minimum absolute atomic E-state index is 0.113. The van der Waals surface area contributed by atoms with E-state index in [1.54, 1.807) is 7.05 Å². The van der Waals surface area contributed by atoms with Crippen LogP contribution in [0.2, 0.25) is 0 Å². The molecule has 2 aliphatic carbocycles. The molecule has 1 heterocycles. The van der Waals surface area contributed by atoms with Gasteiger partial charge < -0.3 is 0 Å². The first-order valence-electron chi connectivity index (χ1n) is 7.55. The summed E-state index contributed by atoms with van der Waals surface area (Å²) < 4.78 is 0. The van der Waals surface area contributed by atoms with E-state index in [1.165, 1.54) is 5.01 Å². The molecule has 3 atom stereocenters. The fraction of sp³-hybridized carbons (Fsp3) is 0.812. The van der Waals surface area contributed by atoms with Crippen LogP contribution in [0.15, 0.2) is 5.10 Å². The predicted molar refractivity (Wildman–Crippen MR) is 77.2 cm³/mol. The summed E-state index contributed by atoms with van der Waals surface area (Å²) in [6.45, 7) is 8.39. The fourth-order valence-corrected chi connectivity index (χ4v) is 4.99. The van der Waals surface area contributed by atoms with Gasteiger partial charge in [0.2, 0.25) is 0 Å². The molecule has 2 fully saturated rings. The highest BCUT2D eigenvalue weighted by Crippen LogP contribution is 2.60. The number of rotatable bonds is 0. The number of Topliss-reactive ketones (excluding diaryl/α,β-unsaturated/α-hetero) is 1. The highest BCUT2D eigenvalue weighted by molar-refractivity contribution is 6.15. The zero-order valence-corrected chi connectivity index (χ0v) is 13.1. The van der Waals surface area contributed by atoms with Gasteiger partial charge in [0.15, 0.2) is 0 Å². The summed E-state index contributed by atoms with van der Waals surface area (Å²) in [4.78, 5) is 24.7. The van der Waals surface area contributed by atoms with Gasteiger partial charge in [0.05, 0.1) is 11.1 Å². The van der Waals surface area contributed by atoms with Gasteiger partial charge in [0.1, 0.15) is 5.78 Å². The summed E-state index contributed by atoms with van der Waals surface area (Å²) in [7, 11) is 1.75. The van der Waals surface area contributed by atoms with E-state index >= 15 is 0 Å². The molecule has 0 bridgehead atoms. The second-order valence-electron chi connectivity index (χ2n) is 7.76. The first kappa shape index (κ1) is 13.8. The highest BCUT2D eigenvalue weighted by Gasteiger charge is 2.63. The standard InChI is InChI=1S/C16H24N2O2/c1-14(2)10-6-8-16(4)12(17-18(5)13(16)20)15(10,3)9-7-11(14)19/h10H,6-9H2,1-5H3/t10-,15-,16?/m0/s1. The molecule has 110 valence electrons. The Labute approximate surface area is 120 Å². The van der Waals surface area contributed by atoms with Gasteiger partial charge in [0.25, 0.3) is 5.91 Å². The highest BCUT2D eigenvalue weighted by atomic mass is 16.2. The summed E-state index contributed by atoms with van der Waals surface area (Å²) in [5.74, 6) is 0.770. The van der Waals surface area contributed by atoms with Crippen molar-refractivity contribution < 1.29 is 9.59 Å². The molecule has 4 nitrogen and oxygen atoms in total. The molecular formula is C16H24N2O2. The summed E-state index contributed by atoms with van der Waals surface area (Å²) in [5.41, 5.74) is 0.150. The molecule has 1 aliphatic heterocycles. The third-order valence-corrected chi connectivity index (χ3v) is 6.24. The quantitative estimate of drug-likeness (QED) is 0.683. The second kappa shape index (κ2) is 3.71. The summed E-state index contributed by atoms with van der Waals surface area (Å²) in [5, 5.41) is 6.11. The van der Waals surface area contributed by atoms with Gasteiger partial charge in [0, 0.05) is 24.3 Å². The van der Waals surface area contributed by atoms with Gasteiger partial charge in [-0.3, -0.25) is 9.59 Å². The van der Waals surface area contributed by atoms with E-state index in [1.807, 2.05) is 6.92 Å². The average Bonchev–Trinajstić information content (AvgIpc) is 2.60. The molecule has 3 rings (SSSR count). The van der Waals surface area contributed by atoms with Crippen LogP contribution in [0, 0.1) is 22.2 Å². The normalized spacial score (nSPS) is 43.1. The zero-order valence-electron chi connectivity index (χ0n) is 13.1. The predicted octanol–water partition coefficient (Wildman–Crippen LogP) is 2.63. The van der Waals surface area contributed by atoms with Crippen LogP contribution in [-0.2, 0) is 9.59 Å². The molecular weight excluding hydrogens is 252 g/mol. The van der Waals surface area contributed by atoms with E-state index in [4.69, 9.17) is 0 Å². The van der Waals surface area contributed by atoms with E-state index in [-0.39, 0.29) is 16.7 Å². The Morgan fingerprint density at radius 2 is 1.80 bits per heavy atom. The number of hydrazone groups is 1. The average molecular weight is 276 g/mol. The van der Waals surface area contributed by atoms with Crippen molar-refractivity contribution >= 4 is 17.4 Å². The van der Waals surface area contributed by atoms with Crippen molar-refractivity contribution in [2.24, 2.45) is 27.3 Å². The monoisotopic (exact) mass is 276 g/mol. The zero-order chi connectivity index (χ0) is 14.9. The van der Waals surface area contributed by atoms with Crippen molar-refractivity contribution in [2.45, 2.75) is 53.4 Å². The van der Waals surface area contributed by atoms with Gasteiger partial charge in [-0.15, -0.1) is 0 Å². The second-order valence-corrected chi connectivity index (χ2v) is 7.76. The van der Waals surface area contributed by atoms with Crippen LogP contribution >= 0.6 is 0 Å². The van der Waals surface area contributed by atoms with Gasteiger partial charge in [-0.1, -0.05) is 20.8 Å². The van der Waals surface area contributed by atoms with E-state index < -0.39 is 5.41 Å². The third-order valence-electron chi connectivity index (χ3n) is 6.24. The number of amides is 1. The molecule has 0 spiro atoms. The van der Waals surface area contributed by atoms with Gasteiger partial charge in [-0.05, 0) is 32.1 Å². The number of hydrogen-bond acceptors (Lipinski definition) is 3. The number of carbonyl (C=O) groups is 2. The maximum Gasteiger partial charge on any atom is 0.254 e. The topological polar surface area (TPSA) is 49.7 Å². The van der Waals surface area contributed by atoms with Crippen LogP contribution in [-0.4, -0.2) is 29.5 Å². The van der Waals surface area contributed by atoms with Crippen LogP contribution in [0.5, 0.6) is 0 Å². The van der Waals surface area contributed by atoms with Crippen molar-refractivity contribution in [2.75, 3.05) is 7.05 Å². The van der Waals surface area contributed by atoms with Crippen molar-refractivity contribution in [1.82, 2.24) is 5.01 Å². The van der Waals surface area contributed by atoms with Gasteiger partial charge >= 0.3 is 0 Å². The summed E-state index contributed by atoms with van der Waals surface area (Å²) in [6.07, 6.45) is 3.18. The van der Waals surface area contributed by atoms with Crippen molar-refractivity contribution in [1.29, 1.82) is 0 Å². The van der Waals surface area contributed by atoms with Crippen LogP contribution < -0.4 is 0 Å². The van der Waals surface area contributed by atoms with Crippen molar-refractivity contribution in [3.63, 3.8) is 0 Å². The Balaban J connectivity index is 2.11. The summed E-state index contributed by atoms with van der Waals surface area (Å²) in [6, 6.07) is 0. The lowest BCUT2D eigenvalue weighted by molar-refractivity contribution is -0.140. The Bertz CT molecular complexity index is 537. The molecule has 0 radical (unpaired) electrons. The Morgan fingerprint density at radius 3 is 2.45 bits per heavy atom. The SMILES string of the molecule is CN1N=C2C(C)(CC[C@H]3C(C)(C)C(=O)CC[C@]23C)C1=O. The summed E-state index contributed by atoms with van der Waals surface area (Å²) >= 11 is 0. The number of ketones is 1. The minimum Gasteiger partial charge on any atom is -0.299 e. The van der Waals surface area contributed by atoms with E-state index in [9.17, 15) is 9.59 Å². The number of fused-ring (bicyclic) bond motifs is 3. The maximum atomic E-state index is 12.4. The molecule has 0 saturated heterocycles. The van der Waals surface area contributed by atoms with Gasteiger partial charge in [-0.25, -0.2) is 5.01 Å². The lowest BCUT2D eigenvalue weighted by Gasteiger charge is -2.55. The van der Waals surface area contributed by atoms with E-state index in [0.29, 0.717) is 18.1 Å². The largest absolute Gasteiger partial charge is 0.299 e. The molecule has 20 heavy (non-hydrogen) atoms. The Morgan fingerprint density at radius 1 is 1.15 bits per heavy atom. The first-order chi connectivity index (χ1) is 9.14. The Hall–Kier alpha value is -1.19. The molecule has 0 aromatic carbocycles. The molecule has 0 N–H and O–H groups in total. The Kier molecular flexibility index (Phi) is 2.56. The van der Waals surface area contributed by atoms with Crippen molar-refractivity contribution in [3.05, 3.63) is 0 Å². The lowest BCUT2D eigenvalue weighted by Crippen LogP contribution is -2.58. The van der Waals surface area contributed by atoms with Crippen LogP contribution in [0.1, 0.15) is 53.4 Å². The molecule has 1 unspecified atom stereocenters. The molecule has 0 aromatic rings. The van der Waals surface area contributed by atoms with E-state index in [0.717, 1.165) is 25.0 Å². The van der Waals surface area contributed by atoms with Crippen LogP contribution in [0.3, 0.4) is 0 Å². The molecule has 4 heteroatoms. The number of hydrogen-bond donors (Lipinski definition) is 0. The first-order valence-corrected chi connectivity index (χ1v) is 7.55. The molecule has 1 amide bonds.